The molecule has 0 atom stereocenters. The van der Waals surface area contributed by atoms with Crippen LogP contribution in [0.5, 0.6) is 0 Å². The molecule has 0 aliphatic carbocycles. The average molecular weight is 384 g/mol. The van der Waals surface area contributed by atoms with Gasteiger partial charge in [-0.1, -0.05) is 6.07 Å². The third-order valence-electron chi connectivity index (χ3n) is 4.60. The maximum atomic E-state index is 4.76. The molecule has 0 amide bonds. The second-order valence-corrected chi connectivity index (χ2v) is 7.22. The van der Waals surface area contributed by atoms with Gasteiger partial charge in [0.25, 0.3) is 0 Å². The predicted octanol–water partition coefficient (Wildman–Crippen LogP) is 4.01. The molecular weight excluding hydrogens is 372 g/mol. The zero-order valence-electron chi connectivity index (χ0n) is 14.3. The Morgan fingerprint density at radius 3 is 2.89 bits per heavy atom. The Balaban J connectivity index is 1.55. The number of rotatable bonds is 3. The van der Waals surface area contributed by atoms with Crippen molar-refractivity contribution < 1.29 is 0 Å². The van der Waals surface area contributed by atoms with Crippen LogP contribution in [-0.4, -0.2) is 40.3 Å². The number of hydrogen-bond acceptors (Lipinski definition) is 6. The number of aromatic nitrogens is 8. The van der Waals surface area contributed by atoms with Gasteiger partial charge in [-0.2, -0.15) is 10.2 Å². The summed E-state index contributed by atoms with van der Waals surface area (Å²) in [6.07, 6.45) is 5.33. The fourth-order valence-electron chi connectivity index (χ4n) is 3.28. The molecule has 0 unspecified atom stereocenters. The summed E-state index contributed by atoms with van der Waals surface area (Å²) in [6, 6.07) is 10.0. The van der Waals surface area contributed by atoms with Gasteiger partial charge < -0.3 is 4.98 Å². The summed E-state index contributed by atoms with van der Waals surface area (Å²) >= 11 is 1.68. The highest BCUT2D eigenvalue weighted by molar-refractivity contribution is 7.13. The summed E-state index contributed by atoms with van der Waals surface area (Å²) in [5, 5.41) is 16.3. The van der Waals surface area contributed by atoms with E-state index in [1.54, 1.807) is 23.7 Å². The molecule has 8 nitrogen and oxygen atoms in total. The van der Waals surface area contributed by atoms with E-state index in [1.807, 2.05) is 30.5 Å². The van der Waals surface area contributed by atoms with Crippen LogP contribution in [-0.2, 0) is 0 Å². The van der Waals surface area contributed by atoms with Gasteiger partial charge in [-0.15, -0.1) is 11.3 Å². The Morgan fingerprint density at radius 1 is 1.04 bits per heavy atom. The fourth-order valence-corrected chi connectivity index (χ4v) is 4.03. The van der Waals surface area contributed by atoms with Crippen LogP contribution >= 0.6 is 11.3 Å². The quantitative estimate of drug-likeness (QED) is 0.427. The Kier molecular flexibility index (Phi) is 3.17. The van der Waals surface area contributed by atoms with Crippen LogP contribution in [0, 0.1) is 0 Å². The van der Waals surface area contributed by atoms with E-state index in [-0.39, 0.29) is 0 Å². The maximum absolute atomic E-state index is 4.76. The van der Waals surface area contributed by atoms with Crippen LogP contribution in [0.2, 0.25) is 0 Å². The Hall–Kier alpha value is -3.85. The fraction of sp³-hybridized carbons (Fsp3) is 0. The lowest BCUT2D eigenvalue weighted by Crippen LogP contribution is -1.86. The first-order chi connectivity index (χ1) is 13.9. The molecule has 0 bridgehead atoms. The van der Waals surface area contributed by atoms with Gasteiger partial charge in [-0.3, -0.25) is 10.2 Å². The van der Waals surface area contributed by atoms with Crippen LogP contribution in [0.4, 0.5) is 0 Å². The van der Waals surface area contributed by atoms with Crippen molar-refractivity contribution in [3.05, 3.63) is 54.3 Å². The Labute approximate surface area is 161 Å². The minimum atomic E-state index is 0.634. The molecule has 3 N–H and O–H groups in total. The van der Waals surface area contributed by atoms with Crippen molar-refractivity contribution >= 4 is 33.5 Å². The monoisotopic (exact) mass is 384 g/mol. The summed E-state index contributed by atoms with van der Waals surface area (Å²) in [5.41, 5.74) is 6.61. The second kappa shape index (κ2) is 5.83. The molecule has 0 radical (unpaired) electrons. The maximum Gasteiger partial charge on any atom is 0.178 e. The zero-order valence-corrected chi connectivity index (χ0v) is 15.2. The molecule has 0 fully saturated rings. The molecule has 6 aromatic rings. The second-order valence-electron chi connectivity index (χ2n) is 6.27. The van der Waals surface area contributed by atoms with Gasteiger partial charge in [0.1, 0.15) is 5.52 Å². The molecule has 0 saturated carbocycles. The zero-order chi connectivity index (χ0) is 18.5. The molecule has 28 heavy (non-hydrogen) atoms. The number of thiophene rings is 1. The van der Waals surface area contributed by atoms with E-state index >= 15 is 0 Å². The molecule has 134 valence electrons. The van der Waals surface area contributed by atoms with Crippen LogP contribution < -0.4 is 0 Å². The highest BCUT2D eigenvalue weighted by atomic mass is 32.1. The number of fused-ring (bicyclic) bond motifs is 2. The standard InChI is InChI=1S/C19H12N8S/c1-2-14(28-7-1)11-5-6-20-18-15(11)24-19(25-18)17-16-13(26-27-17)4-3-12(23-16)10-8-21-22-9-10/h1-9H,(H,21,22)(H,26,27)(H,20,24,25). The van der Waals surface area contributed by atoms with Gasteiger partial charge in [0.05, 0.1) is 22.9 Å². The number of H-pyrrole nitrogens is 3. The smallest absolute Gasteiger partial charge is 0.178 e. The van der Waals surface area contributed by atoms with E-state index in [4.69, 9.17) is 4.98 Å². The number of nitrogens with zero attached hydrogens (tertiary/aromatic N) is 5. The van der Waals surface area contributed by atoms with Crippen molar-refractivity contribution in [2.24, 2.45) is 0 Å². The summed E-state index contributed by atoms with van der Waals surface area (Å²) < 4.78 is 0. The van der Waals surface area contributed by atoms with Gasteiger partial charge in [0.2, 0.25) is 0 Å². The predicted molar refractivity (Wildman–Crippen MR) is 108 cm³/mol. The van der Waals surface area contributed by atoms with Crippen molar-refractivity contribution in [1.29, 1.82) is 0 Å². The van der Waals surface area contributed by atoms with Crippen molar-refractivity contribution in [3.8, 4) is 33.2 Å². The molecule has 6 heterocycles. The van der Waals surface area contributed by atoms with E-state index in [1.165, 1.54) is 0 Å². The van der Waals surface area contributed by atoms with Crippen molar-refractivity contribution in [1.82, 2.24) is 40.3 Å². The molecule has 0 saturated heterocycles. The van der Waals surface area contributed by atoms with Gasteiger partial charge in [0, 0.05) is 28.4 Å². The molecule has 0 spiro atoms. The average Bonchev–Trinajstić information content (AvgIpc) is 3.53. The van der Waals surface area contributed by atoms with Crippen LogP contribution in [0.1, 0.15) is 0 Å². The number of aromatic amines is 3. The van der Waals surface area contributed by atoms with Gasteiger partial charge in [-0.25, -0.2) is 15.0 Å². The van der Waals surface area contributed by atoms with Gasteiger partial charge in [-0.05, 0) is 29.6 Å². The summed E-state index contributed by atoms with van der Waals surface area (Å²) in [6.45, 7) is 0. The summed E-state index contributed by atoms with van der Waals surface area (Å²) in [7, 11) is 0. The topological polar surface area (TPSA) is 112 Å². The molecule has 0 aromatic carbocycles. The highest BCUT2D eigenvalue weighted by Gasteiger charge is 2.17. The minimum absolute atomic E-state index is 0.634. The molecule has 0 aliphatic heterocycles. The lowest BCUT2D eigenvalue weighted by molar-refractivity contribution is 1.09. The third kappa shape index (κ3) is 2.26. The normalized spacial score (nSPS) is 11.6. The largest absolute Gasteiger partial charge is 0.335 e. The van der Waals surface area contributed by atoms with E-state index in [0.29, 0.717) is 17.2 Å². The number of nitrogens with one attached hydrogen (secondary N) is 3. The Morgan fingerprint density at radius 2 is 2.04 bits per heavy atom. The van der Waals surface area contributed by atoms with Gasteiger partial charge >= 0.3 is 0 Å². The molecule has 9 heteroatoms. The van der Waals surface area contributed by atoms with E-state index in [2.05, 4.69) is 46.8 Å². The van der Waals surface area contributed by atoms with Crippen LogP contribution in [0.25, 0.3) is 55.4 Å². The lowest BCUT2D eigenvalue weighted by Gasteiger charge is -1.98. The van der Waals surface area contributed by atoms with E-state index < -0.39 is 0 Å². The van der Waals surface area contributed by atoms with Crippen molar-refractivity contribution in [2.45, 2.75) is 0 Å². The summed E-state index contributed by atoms with van der Waals surface area (Å²) in [5.74, 6) is 0.634. The first kappa shape index (κ1) is 15.2. The molecular formula is C19H12N8S. The van der Waals surface area contributed by atoms with Crippen LogP contribution in [0.3, 0.4) is 0 Å². The Bertz CT molecular complexity index is 1410. The lowest BCUT2D eigenvalue weighted by atomic mass is 10.2. The highest BCUT2D eigenvalue weighted by Crippen LogP contribution is 2.32. The first-order valence-corrected chi connectivity index (χ1v) is 9.48. The molecule has 6 rings (SSSR count). The van der Waals surface area contributed by atoms with Gasteiger partial charge in [0.15, 0.2) is 17.2 Å². The first-order valence-electron chi connectivity index (χ1n) is 8.60. The van der Waals surface area contributed by atoms with Crippen LogP contribution in [0.15, 0.2) is 54.3 Å². The van der Waals surface area contributed by atoms with Crippen molar-refractivity contribution in [3.63, 3.8) is 0 Å². The molecule has 6 aromatic heterocycles. The number of hydrogen-bond donors (Lipinski definition) is 3. The molecule has 0 aliphatic rings. The third-order valence-corrected chi connectivity index (χ3v) is 5.51. The van der Waals surface area contributed by atoms with E-state index in [9.17, 15) is 0 Å². The number of imidazole rings is 1. The van der Waals surface area contributed by atoms with Crippen molar-refractivity contribution in [2.75, 3.05) is 0 Å². The minimum Gasteiger partial charge on any atom is -0.335 e. The number of pyridine rings is 2. The SMILES string of the molecule is c1csc(-c2ccnc3nc(-c4n[nH]c5ccc(-c6cn[nH]c6)nc45)[nH]c23)c1. The summed E-state index contributed by atoms with van der Waals surface area (Å²) in [4.78, 5) is 18.4. The van der Waals surface area contributed by atoms with E-state index in [0.717, 1.165) is 38.2 Å².